The number of carbonyl (C=O) groups is 1. The molecule has 0 heterocycles. The Balaban J connectivity index is 3.75. The molecule has 0 atom stereocenters. The fourth-order valence-corrected chi connectivity index (χ4v) is 0.910. The monoisotopic (exact) mass is 252 g/mol. The Morgan fingerprint density at radius 1 is 1.41 bits per heavy atom. The number of hydrogen-bond donors (Lipinski definition) is 2. The molecule has 0 unspecified atom stereocenters. The highest BCUT2D eigenvalue weighted by Crippen LogP contribution is 1.97. The number of nitrogens with zero attached hydrogens (tertiary/aromatic N) is 2. The van der Waals surface area contributed by atoms with Gasteiger partial charge in [0.15, 0.2) is 0 Å². The van der Waals surface area contributed by atoms with Crippen LogP contribution in [0.15, 0.2) is 0 Å². The molecule has 2 N–H and O–H groups in total. The summed E-state index contributed by atoms with van der Waals surface area (Å²) in [5.41, 5.74) is 0. The molecule has 102 valence electrons. The topological polar surface area (TPSA) is 91.7 Å². The summed E-state index contributed by atoms with van der Waals surface area (Å²) in [6, 6.07) is 0. The standard InChI is InChI=1S/C9H20N2O6/c1-4-10(5-6-12)11(14)16-7-15-9(13)17-8(2)3/h8,12,14H,4-7H2,1-3H3. The molecule has 0 saturated carbocycles. The van der Waals surface area contributed by atoms with Gasteiger partial charge >= 0.3 is 6.16 Å². The maximum atomic E-state index is 10.9. The molecule has 0 aromatic rings. The van der Waals surface area contributed by atoms with Crippen LogP contribution in [0, 0.1) is 0 Å². The van der Waals surface area contributed by atoms with Crippen LogP contribution in [0.3, 0.4) is 0 Å². The lowest BCUT2D eigenvalue weighted by Gasteiger charge is -2.25. The first kappa shape index (κ1) is 16.1. The lowest BCUT2D eigenvalue weighted by Crippen LogP contribution is -2.42. The Kier molecular flexibility index (Phi) is 8.64. The van der Waals surface area contributed by atoms with Gasteiger partial charge in [-0.25, -0.2) is 9.63 Å². The number of aliphatic hydroxyl groups excluding tert-OH is 1. The van der Waals surface area contributed by atoms with E-state index in [9.17, 15) is 10.0 Å². The fourth-order valence-electron chi connectivity index (χ4n) is 0.910. The Bertz CT molecular complexity index is 214. The smallest absolute Gasteiger partial charge is 0.432 e. The molecule has 0 saturated heterocycles. The lowest BCUT2D eigenvalue weighted by atomic mass is 10.5. The van der Waals surface area contributed by atoms with E-state index in [4.69, 9.17) is 5.11 Å². The minimum absolute atomic E-state index is 0.134. The summed E-state index contributed by atoms with van der Waals surface area (Å²) in [5.74, 6) is 0. The van der Waals surface area contributed by atoms with E-state index >= 15 is 0 Å². The normalized spacial score (nSPS) is 11.3. The van der Waals surface area contributed by atoms with Crippen molar-refractivity contribution in [1.29, 1.82) is 0 Å². The first-order chi connectivity index (χ1) is 8.01. The zero-order chi connectivity index (χ0) is 13.3. The largest absolute Gasteiger partial charge is 0.510 e. The maximum Gasteiger partial charge on any atom is 0.510 e. The molecule has 0 aliphatic rings. The molecule has 0 spiro atoms. The van der Waals surface area contributed by atoms with Crippen LogP contribution in [0.5, 0.6) is 0 Å². The molecule has 0 fully saturated rings. The predicted octanol–water partition coefficient (Wildman–Crippen LogP) is 0.357. The second-order valence-corrected chi connectivity index (χ2v) is 3.33. The van der Waals surface area contributed by atoms with Crippen LogP contribution in [-0.2, 0) is 14.3 Å². The Hall–Kier alpha value is -0.930. The summed E-state index contributed by atoms with van der Waals surface area (Å²) >= 11 is 0. The predicted molar refractivity (Wildman–Crippen MR) is 56.6 cm³/mol. The van der Waals surface area contributed by atoms with Crippen LogP contribution in [0.2, 0.25) is 0 Å². The fraction of sp³-hybridized carbons (Fsp3) is 0.889. The van der Waals surface area contributed by atoms with Crippen molar-refractivity contribution in [3.63, 3.8) is 0 Å². The summed E-state index contributed by atoms with van der Waals surface area (Å²) in [6.45, 7) is 5.13. The zero-order valence-electron chi connectivity index (χ0n) is 10.3. The summed E-state index contributed by atoms with van der Waals surface area (Å²) in [7, 11) is 0. The van der Waals surface area contributed by atoms with E-state index in [1.54, 1.807) is 20.8 Å². The molecule has 8 heteroatoms. The van der Waals surface area contributed by atoms with Gasteiger partial charge in [0.05, 0.1) is 12.7 Å². The van der Waals surface area contributed by atoms with Gasteiger partial charge in [0.25, 0.3) is 0 Å². The Morgan fingerprint density at radius 2 is 2.06 bits per heavy atom. The summed E-state index contributed by atoms with van der Waals surface area (Å²) in [6.07, 6.45) is -1.16. The molecule has 0 bridgehead atoms. The van der Waals surface area contributed by atoms with Crippen molar-refractivity contribution in [2.75, 3.05) is 26.5 Å². The maximum absolute atomic E-state index is 10.9. The van der Waals surface area contributed by atoms with Gasteiger partial charge in [-0.3, -0.25) is 5.21 Å². The number of rotatable bonds is 8. The lowest BCUT2D eigenvalue weighted by molar-refractivity contribution is -0.455. The number of likely N-dealkylation sites (N-methyl/N-ethyl adjacent to an activating group) is 1. The van der Waals surface area contributed by atoms with Crippen molar-refractivity contribution in [2.45, 2.75) is 26.9 Å². The van der Waals surface area contributed by atoms with Gasteiger partial charge in [0.1, 0.15) is 0 Å². The minimum atomic E-state index is -0.876. The third kappa shape index (κ3) is 7.88. The average Bonchev–Trinajstić information content (AvgIpc) is 2.24. The average molecular weight is 252 g/mol. The summed E-state index contributed by atoms with van der Waals surface area (Å²) in [4.78, 5) is 15.6. The SMILES string of the molecule is CCN(CCO)N(O)OCOC(=O)OC(C)C. The third-order valence-corrected chi connectivity index (χ3v) is 1.64. The van der Waals surface area contributed by atoms with E-state index in [0.29, 0.717) is 11.9 Å². The van der Waals surface area contributed by atoms with E-state index in [1.807, 2.05) is 0 Å². The van der Waals surface area contributed by atoms with Gasteiger partial charge in [-0.05, 0) is 13.8 Å². The quantitative estimate of drug-likeness (QED) is 0.363. The van der Waals surface area contributed by atoms with Crippen molar-refractivity contribution in [3.05, 3.63) is 0 Å². The van der Waals surface area contributed by atoms with E-state index in [-0.39, 0.29) is 19.3 Å². The third-order valence-electron chi connectivity index (χ3n) is 1.64. The van der Waals surface area contributed by atoms with Crippen LogP contribution in [0.25, 0.3) is 0 Å². The molecule has 8 nitrogen and oxygen atoms in total. The van der Waals surface area contributed by atoms with Crippen molar-refractivity contribution in [1.82, 2.24) is 10.3 Å². The van der Waals surface area contributed by atoms with E-state index in [0.717, 1.165) is 0 Å². The number of aliphatic hydroxyl groups is 1. The van der Waals surface area contributed by atoms with Crippen molar-refractivity contribution in [2.24, 2.45) is 0 Å². The van der Waals surface area contributed by atoms with Crippen LogP contribution in [0.4, 0.5) is 4.79 Å². The molecular weight excluding hydrogens is 232 g/mol. The van der Waals surface area contributed by atoms with E-state index in [1.165, 1.54) is 5.01 Å². The first-order valence-electron chi connectivity index (χ1n) is 5.32. The number of hydrogen-bond acceptors (Lipinski definition) is 8. The molecule has 0 radical (unpaired) electrons. The van der Waals surface area contributed by atoms with E-state index < -0.39 is 12.9 Å². The Morgan fingerprint density at radius 3 is 2.53 bits per heavy atom. The number of hydrazine groups is 1. The Labute approximate surface area is 100 Å². The zero-order valence-corrected chi connectivity index (χ0v) is 10.3. The van der Waals surface area contributed by atoms with Gasteiger partial charge in [0, 0.05) is 18.4 Å². The number of carbonyl (C=O) groups excluding carboxylic acids is 1. The van der Waals surface area contributed by atoms with E-state index in [2.05, 4.69) is 14.3 Å². The minimum Gasteiger partial charge on any atom is -0.432 e. The summed E-state index contributed by atoms with van der Waals surface area (Å²) in [5, 5.41) is 19.7. The van der Waals surface area contributed by atoms with Crippen molar-refractivity contribution >= 4 is 6.16 Å². The van der Waals surface area contributed by atoms with Gasteiger partial charge < -0.3 is 14.6 Å². The van der Waals surface area contributed by atoms with Crippen molar-refractivity contribution in [3.8, 4) is 0 Å². The molecule has 0 aliphatic carbocycles. The highest BCUT2D eigenvalue weighted by Gasteiger charge is 2.13. The molecule has 17 heavy (non-hydrogen) atoms. The second-order valence-electron chi connectivity index (χ2n) is 3.33. The highest BCUT2D eigenvalue weighted by atomic mass is 17.0. The van der Waals surface area contributed by atoms with Gasteiger partial charge in [-0.2, -0.15) is 5.01 Å². The first-order valence-corrected chi connectivity index (χ1v) is 5.32. The highest BCUT2D eigenvalue weighted by molar-refractivity contribution is 5.59. The van der Waals surface area contributed by atoms with Gasteiger partial charge in [-0.1, -0.05) is 6.92 Å². The second kappa shape index (κ2) is 9.14. The molecule has 0 rings (SSSR count). The van der Waals surface area contributed by atoms with Crippen LogP contribution >= 0.6 is 0 Å². The molecule has 0 aliphatic heterocycles. The van der Waals surface area contributed by atoms with Crippen molar-refractivity contribution < 1.29 is 29.4 Å². The van der Waals surface area contributed by atoms with Crippen LogP contribution in [-0.4, -0.2) is 59.4 Å². The van der Waals surface area contributed by atoms with Gasteiger partial charge in [-0.15, -0.1) is 0 Å². The molecule has 0 aromatic heterocycles. The summed E-state index contributed by atoms with van der Waals surface area (Å²) < 4.78 is 9.19. The number of ether oxygens (including phenoxy) is 2. The van der Waals surface area contributed by atoms with Crippen LogP contribution < -0.4 is 0 Å². The molecule has 0 amide bonds. The van der Waals surface area contributed by atoms with Crippen LogP contribution in [0.1, 0.15) is 20.8 Å². The van der Waals surface area contributed by atoms with Gasteiger partial charge in [0.2, 0.25) is 6.79 Å². The molecule has 0 aromatic carbocycles. The molecular formula is C9H20N2O6.